The molecule has 0 aliphatic carbocycles. The van der Waals surface area contributed by atoms with Crippen LogP contribution in [0.3, 0.4) is 0 Å². The molecule has 1 fully saturated rings. The summed E-state index contributed by atoms with van der Waals surface area (Å²) in [5, 5.41) is 0. The fourth-order valence-corrected chi connectivity index (χ4v) is 2.52. The molecule has 0 spiro atoms. The van der Waals surface area contributed by atoms with Gasteiger partial charge in [-0.3, -0.25) is 9.59 Å². The van der Waals surface area contributed by atoms with Crippen molar-refractivity contribution in [3.05, 3.63) is 0 Å². The molecule has 1 rings (SSSR count). The second kappa shape index (κ2) is 7.62. The van der Waals surface area contributed by atoms with Crippen LogP contribution in [-0.4, -0.2) is 53.3 Å². The van der Waals surface area contributed by atoms with Gasteiger partial charge in [0.15, 0.2) is 6.04 Å². The Morgan fingerprint density at radius 2 is 1.95 bits per heavy atom. The number of carbonyl (C=O) groups is 2. The first-order chi connectivity index (χ1) is 9.38. The summed E-state index contributed by atoms with van der Waals surface area (Å²) in [5.41, 5.74) is 3.96. The van der Waals surface area contributed by atoms with Gasteiger partial charge in [0.25, 0.3) is 5.91 Å². The molecule has 5 nitrogen and oxygen atoms in total. The second-order valence-corrected chi connectivity index (χ2v) is 6.17. The molecule has 2 atom stereocenters. The van der Waals surface area contributed by atoms with E-state index in [1.807, 2.05) is 30.6 Å². The van der Waals surface area contributed by atoms with Crippen LogP contribution in [0.5, 0.6) is 0 Å². The molecule has 0 aromatic carbocycles. The molecule has 1 heterocycles. The van der Waals surface area contributed by atoms with Crippen LogP contribution in [0.15, 0.2) is 0 Å². The Morgan fingerprint density at radius 3 is 2.45 bits per heavy atom. The van der Waals surface area contributed by atoms with E-state index in [1.54, 1.807) is 0 Å². The molecule has 0 aromatic rings. The predicted molar refractivity (Wildman–Crippen MR) is 78.8 cm³/mol. The molecule has 0 saturated carbocycles. The first-order valence-electron chi connectivity index (χ1n) is 7.79. The van der Waals surface area contributed by atoms with Gasteiger partial charge in [-0.15, -0.1) is 0 Å². The van der Waals surface area contributed by atoms with E-state index in [0.717, 1.165) is 12.8 Å². The molecule has 0 aromatic heterocycles. The molecule has 20 heavy (non-hydrogen) atoms. The van der Waals surface area contributed by atoms with Crippen molar-refractivity contribution < 1.29 is 15.3 Å². The number of quaternary nitrogens is 1. The highest BCUT2D eigenvalue weighted by atomic mass is 16.2. The van der Waals surface area contributed by atoms with Gasteiger partial charge in [-0.05, 0) is 13.3 Å². The Labute approximate surface area is 122 Å². The molecule has 3 N–H and O–H groups in total. The van der Waals surface area contributed by atoms with Gasteiger partial charge in [-0.2, -0.15) is 0 Å². The third-order valence-corrected chi connectivity index (χ3v) is 4.13. The van der Waals surface area contributed by atoms with E-state index < -0.39 is 0 Å². The zero-order chi connectivity index (χ0) is 15.3. The van der Waals surface area contributed by atoms with Crippen molar-refractivity contribution in [1.82, 2.24) is 9.80 Å². The fourth-order valence-electron chi connectivity index (χ4n) is 2.52. The SMILES string of the molecule is CCCCC(=O)N1CCN(C(=O)[C@@H]([NH3+])C(C)C)C[C@@H]1C. The summed E-state index contributed by atoms with van der Waals surface area (Å²) >= 11 is 0. The second-order valence-electron chi connectivity index (χ2n) is 6.17. The summed E-state index contributed by atoms with van der Waals surface area (Å²) in [7, 11) is 0. The van der Waals surface area contributed by atoms with Crippen LogP contribution in [0.4, 0.5) is 0 Å². The molecule has 1 saturated heterocycles. The Kier molecular flexibility index (Phi) is 6.46. The van der Waals surface area contributed by atoms with Gasteiger partial charge in [0.2, 0.25) is 5.91 Å². The zero-order valence-electron chi connectivity index (χ0n) is 13.4. The molecule has 116 valence electrons. The van der Waals surface area contributed by atoms with Crippen LogP contribution in [0.1, 0.15) is 47.0 Å². The molecular weight excluding hydrogens is 254 g/mol. The van der Waals surface area contributed by atoms with Crippen molar-refractivity contribution >= 4 is 11.8 Å². The lowest BCUT2D eigenvalue weighted by molar-refractivity contribution is -0.416. The van der Waals surface area contributed by atoms with E-state index in [9.17, 15) is 9.59 Å². The van der Waals surface area contributed by atoms with Gasteiger partial charge in [-0.25, -0.2) is 0 Å². The van der Waals surface area contributed by atoms with Gasteiger partial charge in [-0.1, -0.05) is 27.2 Å². The molecule has 1 aliphatic rings. The maximum absolute atomic E-state index is 12.3. The smallest absolute Gasteiger partial charge is 0.281 e. The van der Waals surface area contributed by atoms with E-state index >= 15 is 0 Å². The average Bonchev–Trinajstić information content (AvgIpc) is 2.42. The lowest BCUT2D eigenvalue weighted by atomic mass is 10.0. The molecule has 0 unspecified atom stereocenters. The third kappa shape index (κ3) is 4.20. The largest absolute Gasteiger partial charge is 0.347 e. The lowest BCUT2D eigenvalue weighted by Crippen LogP contribution is -2.71. The number of nitrogens with zero attached hydrogens (tertiary/aromatic N) is 2. The van der Waals surface area contributed by atoms with Crippen LogP contribution < -0.4 is 5.73 Å². The summed E-state index contributed by atoms with van der Waals surface area (Å²) < 4.78 is 0. The maximum atomic E-state index is 12.3. The normalized spacial score (nSPS) is 21.2. The molecule has 1 aliphatic heterocycles. The topological polar surface area (TPSA) is 68.3 Å². The highest BCUT2D eigenvalue weighted by Crippen LogP contribution is 2.14. The molecule has 0 radical (unpaired) electrons. The van der Waals surface area contributed by atoms with Crippen molar-refractivity contribution in [3.8, 4) is 0 Å². The van der Waals surface area contributed by atoms with Crippen LogP contribution in [-0.2, 0) is 9.59 Å². The fraction of sp³-hybridized carbons (Fsp3) is 0.867. The standard InChI is InChI=1S/C15H29N3O2/c1-5-6-7-13(19)18-9-8-17(10-12(18)4)15(20)14(16)11(2)3/h11-12,14H,5-10,16H2,1-4H3/p+1/t12-,14-/m0/s1. The Morgan fingerprint density at radius 1 is 1.30 bits per heavy atom. The van der Waals surface area contributed by atoms with E-state index in [0.29, 0.717) is 26.1 Å². The molecular formula is C15H30N3O2+. The molecule has 5 heteroatoms. The average molecular weight is 284 g/mol. The zero-order valence-corrected chi connectivity index (χ0v) is 13.4. The van der Waals surface area contributed by atoms with Gasteiger partial charge in [0, 0.05) is 38.0 Å². The summed E-state index contributed by atoms with van der Waals surface area (Å²) in [6, 6.07) is -0.0824. The quantitative estimate of drug-likeness (QED) is 0.799. The number of carbonyl (C=O) groups excluding carboxylic acids is 2. The summed E-state index contributed by atoms with van der Waals surface area (Å²) in [5.74, 6) is 0.594. The highest BCUT2D eigenvalue weighted by molar-refractivity contribution is 5.81. The number of amides is 2. The van der Waals surface area contributed by atoms with Crippen LogP contribution in [0.2, 0.25) is 0 Å². The van der Waals surface area contributed by atoms with Crippen LogP contribution >= 0.6 is 0 Å². The maximum Gasteiger partial charge on any atom is 0.281 e. The molecule has 0 bridgehead atoms. The summed E-state index contributed by atoms with van der Waals surface area (Å²) in [6.07, 6.45) is 2.61. The van der Waals surface area contributed by atoms with Gasteiger partial charge < -0.3 is 15.5 Å². The van der Waals surface area contributed by atoms with Crippen molar-refractivity contribution in [3.63, 3.8) is 0 Å². The first-order valence-corrected chi connectivity index (χ1v) is 7.79. The summed E-state index contributed by atoms with van der Waals surface area (Å²) in [6.45, 7) is 10.1. The third-order valence-electron chi connectivity index (χ3n) is 4.13. The monoisotopic (exact) mass is 284 g/mol. The summed E-state index contributed by atoms with van der Waals surface area (Å²) in [4.78, 5) is 28.2. The number of hydrogen-bond donors (Lipinski definition) is 1. The minimum Gasteiger partial charge on any atom is -0.347 e. The predicted octanol–water partition coefficient (Wildman–Crippen LogP) is 0.502. The Bertz CT molecular complexity index is 344. The van der Waals surface area contributed by atoms with Gasteiger partial charge >= 0.3 is 0 Å². The van der Waals surface area contributed by atoms with Crippen molar-refractivity contribution in [2.24, 2.45) is 5.92 Å². The number of unbranched alkanes of at least 4 members (excludes halogenated alkanes) is 1. The van der Waals surface area contributed by atoms with Crippen LogP contribution in [0.25, 0.3) is 0 Å². The van der Waals surface area contributed by atoms with E-state index in [4.69, 9.17) is 0 Å². The van der Waals surface area contributed by atoms with Crippen molar-refractivity contribution in [1.29, 1.82) is 0 Å². The van der Waals surface area contributed by atoms with E-state index in [2.05, 4.69) is 12.7 Å². The van der Waals surface area contributed by atoms with E-state index in [-0.39, 0.29) is 29.8 Å². The van der Waals surface area contributed by atoms with Crippen LogP contribution in [0, 0.1) is 5.92 Å². The Balaban J connectivity index is 2.54. The number of rotatable bonds is 5. The minimum atomic E-state index is -0.190. The number of piperazine rings is 1. The van der Waals surface area contributed by atoms with E-state index in [1.165, 1.54) is 0 Å². The Hall–Kier alpha value is -1.10. The lowest BCUT2D eigenvalue weighted by Gasteiger charge is -2.40. The van der Waals surface area contributed by atoms with Gasteiger partial charge in [0.05, 0.1) is 0 Å². The highest BCUT2D eigenvalue weighted by Gasteiger charge is 2.33. The van der Waals surface area contributed by atoms with Crippen molar-refractivity contribution in [2.45, 2.75) is 59.0 Å². The molecule has 2 amide bonds. The number of hydrogen-bond acceptors (Lipinski definition) is 2. The first kappa shape index (κ1) is 17.0. The van der Waals surface area contributed by atoms with Gasteiger partial charge in [0.1, 0.15) is 0 Å². The minimum absolute atomic E-state index is 0.108. The van der Waals surface area contributed by atoms with Crippen molar-refractivity contribution in [2.75, 3.05) is 19.6 Å².